The lowest BCUT2D eigenvalue weighted by Gasteiger charge is -2.31. The second-order valence-electron chi connectivity index (χ2n) is 5.69. The molecule has 3 nitrogen and oxygen atoms in total. The molecule has 0 heterocycles. The van der Waals surface area contributed by atoms with E-state index in [2.05, 4.69) is 18.7 Å². The van der Waals surface area contributed by atoms with Crippen molar-refractivity contribution in [1.82, 2.24) is 4.90 Å². The molecular formula is C16H27FN2O. The molecular weight excluding hydrogens is 255 g/mol. The second kappa shape index (κ2) is 8.35. The highest BCUT2D eigenvalue weighted by atomic mass is 19.1. The van der Waals surface area contributed by atoms with E-state index in [1.165, 1.54) is 6.07 Å². The Bertz CT molecular complexity index is 398. The Labute approximate surface area is 121 Å². The summed E-state index contributed by atoms with van der Waals surface area (Å²) in [6.45, 7) is 8.12. The summed E-state index contributed by atoms with van der Waals surface area (Å²) < 4.78 is 13.8. The van der Waals surface area contributed by atoms with E-state index < -0.39 is 0 Å². The van der Waals surface area contributed by atoms with E-state index in [-0.39, 0.29) is 24.4 Å². The van der Waals surface area contributed by atoms with Crippen molar-refractivity contribution in [1.29, 1.82) is 0 Å². The van der Waals surface area contributed by atoms with Crippen LogP contribution in [0.25, 0.3) is 0 Å². The molecule has 2 atom stereocenters. The van der Waals surface area contributed by atoms with Crippen molar-refractivity contribution >= 4 is 0 Å². The first-order valence-electron chi connectivity index (χ1n) is 7.32. The van der Waals surface area contributed by atoms with E-state index >= 15 is 0 Å². The highest BCUT2D eigenvalue weighted by molar-refractivity contribution is 5.21. The van der Waals surface area contributed by atoms with Crippen LogP contribution in [0.15, 0.2) is 24.3 Å². The van der Waals surface area contributed by atoms with Gasteiger partial charge in [0.25, 0.3) is 0 Å². The summed E-state index contributed by atoms with van der Waals surface area (Å²) in [6, 6.07) is 6.77. The zero-order chi connectivity index (χ0) is 15.1. The summed E-state index contributed by atoms with van der Waals surface area (Å²) in [5.74, 6) is -0.0914. The molecule has 0 fully saturated rings. The molecule has 0 aromatic heterocycles. The summed E-state index contributed by atoms with van der Waals surface area (Å²) in [5, 5.41) is 8.95. The van der Waals surface area contributed by atoms with Crippen LogP contribution in [-0.2, 0) is 0 Å². The smallest absolute Gasteiger partial charge is 0.127 e. The number of halogens is 1. The van der Waals surface area contributed by atoms with E-state index in [1.807, 2.05) is 13.0 Å². The van der Waals surface area contributed by atoms with Gasteiger partial charge in [0, 0.05) is 37.3 Å². The zero-order valence-electron chi connectivity index (χ0n) is 12.7. The summed E-state index contributed by atoms with van der Waals surface area (Å²) in [5.41, 5.74) is 6.78. The summed E-state index contributed by atoms with van der Waals surface area (Å²) in [7, 11) is 0. The first-order chi connectivity index (χ1) is 9.47. The van der Waals surface area contributed by atoms with Gasteiger partial charge in [-0.25, -0.2) is 4.39 Å². The standard InChI is InChI=1S/C16H27FN2O/c1-12(2)19(9-6-10-20)11-13(3)16(18)14-7-4-5-8-15(14)17/h4-5,7-8,12-13,16,20H,6,9-11,18H2,1-3H3. The van der Waals surface area contributed by atoms with Gasteiger partial charge in [-0.05, 0) is 32.3 Å². The van der Waals surface area contributed by atoms with E-state index in [1.54, 1.807) is 12.1 Å². The van der Waals surface area contributed by atoms with Gasteiger partial charge in [0.2, 0.25) is 0 Å². The Morgan fingerprint density at radius 2 is 1.90 bits per heavy atom. The number of rotatable bonds is 8. The first kappa shape index (κ1) is 17.1. The Morgan fingerprint density at radius 3 is 2.45 bits per heavy atom. The molecule has 114 valence electrons. The second-order valence-corrected chi connectivity index (χ2v) is 5.69. The average molecular weight is 282 g/mol. The monoisotopic (exact) mass is 282 g/mol. The largest absolute Gasteiger partial charge is 0.396 e. The lowest BCUT2D eigenvalue weighted by atomic mass is 9.94. The van der Waals surface area contributed by atoms with Crippen LogP contribution in [0.5, 0.6) is 0 Å². The van der Waals surface area contributed by atoms with Crippen molar-refractivity contribution in [3.63, 3.8) is 0 Å². The number of nitrogens with two attached hydrogens (primary N) is 1. The molecule has 0 amide bonds. The number of aliphatic hydroxyl groups excluding tert-OH is 1. The molecule has 0 saturated heterocycles. The van der Waals surface area contributed by atoms with Crippen LogP contribution in [0.4, 0.5) is 4.39 Å². The van der Waals surface area contributed by atoms with Gasteiger partial charge in [0.15, 0.2) is 0 Å². The number of aliphatic hydroxyl groups is 1. The van der Waals surface area contributed by atoms with Crippen LogP contribution < -0.4 is 5.73 Å². The predicted octanol–water partition coefficient (Wildman–Crippen LogP) is 2.55. The number of nitrogens with zero attached hydrogens (tertiary/aromatic N) is 1. The van der Waals surface area contributed by atoms with Gasteiger partial charge in [-0.3, -0.25) is 0 Å². The third-order valence-electron chi connectivity index (χ3n) is 3.73. The summed E-state index contributed by atoms with van der Waals surface area (Å²) in [6.07, 6.45) is 0.750. The van der Waals surface area contributed by atoms with Gasteiger partial charge >= 0.3 is 0 Å². The topological polar surface area (TPSA) is 49.5 Å². The van der Waals surface area contributed by atoms with Gasteiger partial charge in [-0.15, -0.1) is 0 Å². The molecule has 0 aliphatic rings. The Balaban J connectivity index is 2.68. The molecule has 4 heteroatoms. The minimum Gasteiger partial charge on any atom is -0.396 e. The van der Waals surface area contributed by atoms with Gasteiger partial charge < -0.3 is 15.7 Å². The average Bonchev–Trinajstić information content (AvgIpc) is 2.42. The Hall–Kier alpha value is -0.970. The normalized spacial score (nSPS) is 14.8. The third-order valence-corrected chi connectivity index (χ3v) is 3.73. The first-order valence-corrected chi connectivity index (χ1v) is 7.32. The van der Waals surface area contributed by atoms with Gasteiger partial charge in [-0.1, -0.05) is 25.1 Å². The van der Waals surface area contributed by atoms with Crippen LogP contribution in [0, 0.1) is 11.7 Å². The fourth-order valence-corrected chi connectivity index (χ4v) is 2.37. The highest BCUT2D eigenvalue weighted by Gasteiger charge is 2.21. The summed E-state index contributed by atoms with van der Waals surface area (Å²) in [4.78, 5) is 2.28. The number of benzene rings is 1. The SMILES string of the molecule is CC(CN(CCCO)C(C)C)C(N)c1ccccc1F. The van der Waals surface area contributed by atoms with E-state index in [9.17, 15) is 4.39 Å². The maximum absolute atomic E-state index is 13.8. The highest BCUT2D eigenvalue weighted by Crippen LogP contribution is 2.23. The predicted molar refractivity (Wildman–Crippen MR) is 80.9 cm³/mol. The molecule has 0 bridgehead atoms. The third kappa shape index (κ3) is 4.85. The molecule has 0 spiro atoms. The van der Waals surface area contributed by atoms with Gasteiger partial charge in [0.05, 0.1) is 0 Å². The van der Waals surface area contributed by atoms with Crippen molar-refractivity contribution in [2.24, 2.45) is 11.7 Å². The van der Waals surface area contributed by atoms with Gasteiger partial charge in [-0.2, -0.15) is 0 Å². The molecule has 2 unspecified atom stereocenters. The molecule has 1 rings (SSSR count). The minimum absolute atomic E-state index is 0.146. The van der Waals surface area contributed by atoms with Crippen LogP contribution in [0.2, 0.25) is 0 Å². The molecule has 20 heavy (non-hydrogen) atoms. The van der Waals surface area contributed by atoms with Crippen LogP contribution in [0.3, 0.4) is 0 Å². The van der Waals surface area contributed by atoms with Crippen LogP contribution >= 0.6 is 0 Å². The maximum atomic E-state index is 13.8. The van der Waals surface area contributed by atoms with Crippen molar-refractivity contribution in [3.8, 4) is 0 Å². The van der Waals surface area contributed by atoms with E-state index in [0.717, 1.165) is 19.5 Å². The van der Waals surface area contributed by atoms with Crippen molar-refractivity contribution in [2.45, 2.75) is 39.3 Å². The molecule has 3 N–H and O–H groups in total. The van der Waals surface area contributed by atoms with E-state index in [4.69, 9.17) is 10.8 Å². The molecule has 0 saturated carbocycles. The minimum atomic E-state index is -0.313. The molecule has 0 radical (unpaired) electrons. The summed E-state index contributed by atoms with van der Waals surface area (Å²) >= 11 is 0. The Morgan fingerprint density at radius 1 is 1.25 bits per heavy atom. The fourth-order valence-electron chi connectivity index (χ4n) is 2.37. The van der Waals surface area contributed by atoms with Crippen LogP contribution in [0.1, 0.15) is 38.8 Å². The maximum Gasteiger partial charge on any atom is 0.127 e. The lowest BCUT2D eigenvalue weighted by molar-refractivity contribution is 0.162. The number of hydrogen-bond acceptors (Lipinski definition) is 3. The van der Waals surface area contributed by atoms with E-state index in [0.29, 0.717) is 11.6 Å². The Kier molecular flexibility index (Phi) is 7.13. The van der Waals surface area contributed by atoms with Crippen LogP contribution in [-0.4, -0.2) is 35.7 Å². The zero-order valence-corrected chi connectivity index (χ0v) is 12.7. The fraction of sp³-hybridized carbons (Fsp3) is 0.625. The lowest BCUT2D eigenvalue weighted by Crippen LogP contribution is -2.39. The molecule has 0 aliphatic carbocycles. The van der Waals surface area contributed by atoms with Gasteiger partial charge in [0.1, 0.15) is 5.82 Å². The van der Waals surface area contributed by atoms with Crippen molar-refractivity contribution in [3.05, 3.63) is 35.6 Å². The molecule has 1 aromatic rings. The molecule has 1 aromatic carbocycles. The van der Waals surface area contributed by atoms with Crippen molar-refractivity contribution in [2.75, 3.05) is 19.7 Å². The quantitative estimate of drug-likeness (QED) is 0.770. The van der Waals surface area contributed by atoms with Crippen molar-refractivity contribution < 1.29 is 9.50 Å². The number of hydrogen-bond donors (Lipinski definition) is 2. The molecule has 0 aliphatic heterocycles.